The first-order valence-electron chi connectivity index (χ1n) is 4.35. The van der Waals surface area contributed by atoms with Crippen LogP contribution >= 0.6 is 24.8 Å². The number of piperidine rings is 1. The van der Waals surface area contributed by atoms with Crippen molar-refractivity contribution in [1.29, 1.82) is 0 Å². The van der Waals surface area contributed by atoms with Crippen molar-refractivity contribution in [3.63, 3.8) is 0 Å². The first-order chi connectivity index (χ1) is 5.67. The van der Waals surface area contributed by atoms with Gasteiger partial charge in [-0.2, -0.15) is 0 Å². The molecule has 0 aliphatic carbocycles. The highest BCUT2D eigenvalue weighted by Gasteiger charge is 2.29. The van der Waals surface area contributed by atoms with E-state index < -0.39 is 0 Å². The monoisotopic (exact) mass is 243 g/mol. The molecule has 0 saturated carbocycles. The lowest BCUT2D eigenvalue weighted by Gasteiger charge is -2.30. The molecule has 0 bridgehead atoms. The smallest absolute Gasteiger partial charge is 0.114 e. The minimum absolute atomic E-state index is 0. The van der Waals surface area contributed by atoms with Gasteiger partial charge in [-0.3, -0.25) is 0 Å². The van der Waals surface area contributed by atoms with Crippen LogP contribution in [0.4, 0.5) is 0 Å². The molecule has 0 aromatic rings. The second-order valence-electron chi connectivity index (χ2n) is 3.30. The van der Waals surface area contributed by atoms with Gasteiger partial charge in [0.25, 0.3) is 0 Å². The lowest BCUT2D eigenvalue weighted by molar-refractivity contribution is 0.155. The van der Waals surface area contributed by atoms with Crippen LogP contribution < -0.4 is 11.1 Å². The SMILES string of the molecule is CCO/N=C1\CCNCC1(C)N.Cl.Cl. The number of oxime groups is 1. The summed E-state index contributed by atoms with van der Waals surface area (Å²) < 4.78 is 0. The third kappa shape index (κ3) is 4.46. The van der Waals surface area contributed by atoms with Gasteiger partial charge in [-0.05, 0) is 13.8 Å². The Morgan fingerprint density at radius 1 is 1.57 bits per heavy atom. The normalized spacial score (nSPS) is 28.9. The molecule has 1 fully saturated rings. The fraction of sp³-hybridized carbons (Fsp3) is 0.875. The Morgan fingerprint density at radius 3 is 2.71 bits per heavy atom. The van der Waals surface area contributed by atoms with Crippen molar-refractivity contribution in [3.05, 3.63) is 0 Å². The highest BCUT2D eigenvalue weighted by molar-refractivity contribution is 5.93. The third-order valence-electron chi connectivity index (χ3n) is 1.99. The molecule has 0 amide bonds. The largest absolute Gasteiger partial charge is 0.396 e. The number of halogens is 2. The predicted molar refractivity (Wildman–Crippen MR) is 63.6 cm³/mol. The van der Waals surface area contributed by atoms with Crippen molar-refractivity contribution in [3.8, 4) is 0 Å². The van der Waals surface area contributed by atoms with Gasteiger partial charge in [0, 0.05) is 19.5 Å². The van der Waals surface area contributed by atoms with Crippen LogP contribution in [0.3, 0.4) is 0 Å². The number of nitrogens with one attached hydrogen (secondary N) is 1. The lowest BCUT2D eigenvalue weighted by Crippen LogP contribution is -2.57. The Balaban J connectivity index is 0. The minimum atomic E-state index is -0.340. The Labute approximate surface area is 97.4 Å². The van der Waals surface area contributed by atoms with E-state index in [1.165, 1.54) is 0 Å². The molecule has 1 rings (SSSR count). The van der Waals surface area contributed by atoms with Crippen LogP contribution in [-0.4, -0.2) is 30.9 Å². The summed E-state index contributed by atoms with van der Waals surface area (Å²) in [5.41, 5.74) is 6.61. The number of hydrogen-bond donors (Lipinski definition) is 2. The van der Waals surface area contributed by atoms with E-state index >= 15 is 0 Å². The summed E-state index contributed by atoms with van der Waals surface area (Å²) in [6.45, 7) is 6.21. The number of hydrogen-bond acceptors (Lipinski definition) is 4. The van der Waals surface area contributed by atoms with Gasteiger partial charge in [0.1, 0.15) is 6.61 Å². The summed E-state index contributed by atoms with van der Waals surface area (Å²) in [7, 11) is 0. The molecule has 0 spiro atoms. The minimum Gasteiger partial charge on any atom is -0.396 e. The standard InChI is InChI=1S/C8H17N3O.2ClH/c1-3-12-11-7-4-5-10-6-8(7,2)9;;/h10H,3-6,9H2,1-2H3;2*1H/b11-7+;;. The van der Waals surface area contributed by atoms with E-state index in [1.807, 2.05) is 13.8 Å². The summed E-state index contributed by atoms with van der Waals surface area (Å²) in [6, 6.07) is 0. The quantitative estimate of drug-likeness (QED) is 0.710. The fourth-order valence-electron chi connectivity index (χ4n) is 1.23. The van der Waals surface area contributed by atoms with E-state index in [9.17, 15) is 0 Å². The first kappa shape index (κ1) is 16.4. The van der Waals surface area contributed by atoms with Crippen molar-refractivity contribution in [2.75, 3.05) is 19.7 Å². The second-order valence-corrected chi connectivity index (χ2v) is 3.30. The molecule has 1 aliphatic rings. The van der Waals surface area contributed by atoms with Crippen molar-refractivity contribution in [2.24, 2.45) is 10.9 Å². The van der Waals surface area contributed by atoms with Crippen LogP contribution in [0, 0.1) is 0 Å². The molecule has 1 aliphatic heterocycles. The zero-order valence-electron chi connectivity index (χ0n) is 8.58. The summed E-state index contributed by atoms with van der Waals surface area (Å²) in [5.74, 6) is 0. The van der Waals surface area contributed by atoms with Crippen LogP contribution in [0.25, 0.3) is 0 Å². The molecular formula is C8H19Cl2N3O. The Morgan fingerprint density at radius 2 is 2.21 bits per heavy atom. The van der Waals surface area contributed by atoms with Crippen molar-refractivity contribution in [2.45, 2.75) is 25.8 Å². The van der Waals surface area contributed by atoms with Gasteiger partial charge >= 0.3 is 0 Å². The Kier molecular flexibility index (Phi) is 8.54. The van der Waals surface area contributed by atoms with Gasteiger partial charge in [-0.25, -0.2) is 0 Å². The Hall–Kier alpha value is -0.0300. The summed E-state index contributed by atoms with van der Waals surface area (Å²) in [5, 5.41) is 7.23. The molecule has 86 valence electrons. The zero-order valence-corrected chi connectivity index (χ0v) is 10.2. The molecule has 3 N–H and O–H groups in total. The molecule has 1 saturated heterocycles. The molecule has 0 aromatic carbocycles. The molecule has 14 heavy (non-hydrogen) atoms. The van der Waals surface area contributed by atoms with E-state index in [4.69, 9.17) is 10.6 Å². The van der Waals surface area contributed by atoms with E-state index in [1.54, 1.807) is 0 Å². The van der Waals surface area contributed by atoms with Crippen LogP contribution in [0.15, 0.2) is 5.16 Å². The predicted octanol–water partition coefficient (Wildman–Crippen LogP) is 0.933. The second kappa shape index (κ2) is 7.29. The lowest BCUT2D eigenvalue weighted by atomic mass is 9.91. The van der Waals surface area contributed by atoms with Crippen molar-refractivity contribution >= 4 is 30.5 Å². The topological polar surface area (TPSA) is 59.6 Å². The molecule has 0 radical (unpaired) electrons. The van der Waals surface area contributed by atoms with Gasteiger partial charge in [-0.1, -0.05) is 5.16 Å². The third-order valence-corrected chi connectivity index (χ3v) is 1.99. The molecule has 6 heteroatoms. The molecule has 0 aromatic heterocycles. The van der Waals surface area contributed by atoms with E-state index in [-0.39, 0.29) is 30.4 Å². The highest BCUT2D eigenvalue weighted by Crippen LogP contribution is 2.09. The van der Waals surface area contributed by atoms with Crippen molar-refractivity contribution < 1.29 is 4.84 Å². The van der Waals surface area contributed by atoms with Gasteiger partial charge in [0.05, 0.1) is 11.3 Å². The van der Waals surface area contributed by atoms with E-state index in [0.717, 1.165) is 25.2 Å². The molecule has 1 atom stereocenters. The highest BCUT2D eigenvalue weighted by atomic mass is 35.5. The van der Waals surface area contributed by atoms with Gasteiger partial charge < -0.3 is 15.9 Å². The number of rotatable bonds is 2. The Bertz CT molecular complexity index is 185. The molecule has 4 nitrogen and oxygen atoms in total. The van der Waals surface area contributed by atoms with Crippen LogP contribution in [0.1, 0.15) is 20.3 Å². The molecule has 1 unspecified atom stereocenters. The number of nitrogens with zero attached hydrogens (tertiary/aromatic N) is 1. The van der Waals surface area contributed by atoms with Gasteiger partial charge in [0.15, 0.2) is 0 Å². The van der Waals surface area contributed by atoms with Crippen LogP contribution in [0.5, 0.6) is 0 Å². The average Bonchev–Trinajstić information content (AvgIpc) is 2.02. The summed E-state index contributed by atoms with van der Waals surface area (Å²) in [6.07, 6.45) is 0.882. The van der Waals surface area contributed by atoms with E-state index in [0.29, 0.717) is 6.61 Å². The van der Waals surface area contributed by atoms with Crippen molar-refractivity contribution in [1.82, 2.24) is 5.32 Å². The van der Waals surface area contributed by atoms with Gasteiger partial charge in [-0.15, -0.1) is 24.8 Å². The maximum Gasteiger partial charge on any atom is 0.114 e. The fourth-order valence-corrected chi connectivity index (χ4v) is 1.23. The summed E-state index contributed by atoms with van der Waals surface area (Å²) >= 11 is 0. The summed E-state index contributed by atoms with van der Waals surface area (Å²) in [4.78, 5) is 4.99. The van der Waals surface area contributed by atoms with E-state index in [2.05, 4.69) is 10.5 Å². The maximum atomic E-state index is 5.99. The zero-order chi connectivity index (χ0) is 9.03. The van der Waals surface area contributed by atoms with Crippen LogP contribution in [-0.2, 0) is 4.84 Å². The first-order valence-corrected chi connectivity index (χ1v) is 4.35. The average molecular weight is 244 g/mol. The molecular weight excluding hydrogens is 225 g/mol. The van der Waals surface area contributed by atoms with Crippen LogP contribution in [0.2, 0.25) is 0 Å². The molecule has 1 heterocycles. The number of nitrogens with two attached hydrogens (primary N) is 1. The maximum absolute atomic E-state index is 5.99. The van der Waals surface area contributed by atoms with Gasteiger partial charge in [0.2, 0.25) is 0 Å².